The van der Waals surface area contributed by atoms with E-state index >= 15 is 0 Å². The lowest BCUT2D eigenvalue weighted by molar-refractivity contribution is -0.122. The predicted octanol–water partition coefficient (Wildman–Crippen LogP) is 1.72. The molecular formula is C14H27NO3. The van der Waals surface area contributed by atoms with E-state index in [2.05, 4.69) is 19.2 Å². The lowest BCUT2D eigenvalue weighted by Gasteiger charge is -2.14. The first-order valence-corrected chi connectivity index (χ1v) is 7.10. The van der Waals surface area contributed by atoms with Crippen molar-refractivity contribution in [2.24, 2.45) is 11.8 Å². The van der Waals surface area contributed by atoms with Gasteiger partial charge in [0.1, 0.15) is 0 Å². The van der Waals surface area contributed by atoms with E-state index in [1.54, 1.807) is 0 Å². The Bertz CT molecular complexity index is 237. The average Bonchev–Trinajstić information content (AvgIpc) is 2.78. The van der Waals surface area contributed by atoms with Crippen LogP contribution in [0.25, 0.3) is 0 Å². The zero-order valence-corrected chi connectivity index (χ0v) is 11.7. The summed E-state index contributed by atoms with van der Waals surface area (Å²) in [5, 5.41) is 12.4. The fourth-order valence-corrected chi connectivity index (χ4v) is 2.28. The Labute approximate surface area is 110 Å². The highest BCUT2D eigenvalue weighted by atomic mass is 16.5. The van der Waals surface area contributed by atoms with Crippen molar-refractivity contribution in [3.8, 4) is 0 Å². The summed E-state index contributed by atoms with van der Waals surface area (Å²) < 4.78 is 5.32. The molecule has 4 heteroatoms. The van der Waals surface area contributed by atoms with E-state index in [4.69, 9.17) is 4.74 Å². The van der Waals surface area contributed by atoms with Gasteiger partial charge in [-0.05, 0) is 24.7 Å². The lowest BCUT2D eigenvalue weighted by Crippen LogP contribution is -2.35. The highest BCUT2D eigenvalue weighted by molar-refractivity contribution is 5.76. The molecule has 1 unspecified atom stereocenters. The van der Waals surface area contributed by atoms with E-state index in [0.717, 1.165) is 0 Å². The first kappa shape index (κ1) is 15.4. The topological polar surface area (TPSA) is 58.6 Å². The second-order valence-corrected chi connectivity index (χ2v) is 5.74. The number of aliphatic hydroxyl groups is 1. The third-order valence-electron chi connectivity index (χ3n) is 3.25. The highest BCUT2D eigenvalue weighted by Crippen LogP contribution is 2.27. The summed E-state index contributed by atoms with van der Waals surface area (Å²) in [6, 6.07) is 0. The third kappa shape index (κ3) is 6.97. The predicted molar refractivity (Wildman–Crippen MR) is 71.2 cm³/mol. The van der Waals surface area contributed by atoms with Crippen molar-refractivity contribution in [1.82, 2.24) is 5.32 Å². The first-order valence-electron chi connectivity index (χ1n) is 7.10. The Balaban J connectivity index is 2.02. The standard InChI is InChI=1S/C14H27NO3/c1-11(2)9-18-10-13(16)8-15-14(17)7-12-5-3-4-6-12/h11-13,16H,3-10H2,1-2H3,(H,15,17). The van der Waals surface area contributed by atoms with Gasteiger partial charge in [-0.2, -0.15) is 0 Å². The molecule has 1 saturated carbocycles. The van der Waals surface area contributed by atoms with Crippen LogP contribution in [0.4, 0.5) is 0 Å². The largest absolute Gasteiger partial charge is 0.389 e. The van der Waals surface area contributed by atoms with Crippen molar-refractivity contribution in [3.05, 3.63) is 0 Å². The Kier molecular flexibility index (Phi) is 7.28. The van der Waals surface area contributed by atoms with Gasteiger partial charge in [0.25, 0.3) is 0 Å². The molecule has 1 aliphatic carbocycles. The molecule has 1 atom stereocenters. The summed E-state index contributed by atoms with van der Waals surface area (Å²) in [5.74, 6) is 1.08. The molecule has 0 spiro atoms. The second-order valence-electron chi connectivity index (χ2n) is 5.74. The molecule has 0 aromatic rings. The number of amides is 1. The number of carbonyl (C=O) groups excluding carboxylic acids is 1. The monoisotopic (exact) mass is 257 g/mol. The van der Waals surface area contributed by atoms with Gasteiger partial charge < -0.3 is 15.2 Å². The number of hydrogen-bond donors (Lipinski definition) is 2. The third-order valence-corrected chi connectivity index (χ3v) is 3.25. The van der Waals surface area contributed by atoms with Gasteiger partial charge in [-0.25, -0.2) is 0 Å². The number of ether oxygens (including phenoxy) is 1. The van der Waals surface area contributed by atoms with Gasteiger partial charge in [-0.3, -0.25) is 4.79 Å². The number of hydrogen-bond acceptors (Lipinski definition) is 3. The van der Waals surface area contributed by atoms with Crippen LogP contribution in [-0.2, 0) is 9.53 Å². The minimum absolute atomic E-state index is 0.0600. The van der Waals surface area contributed by atoms with Crippen molar-refractivity contribution >= 4 is 5.91 Å². The SMILES string of the molecule is CC(C)COCC(O)CNC(=O)CC1CCCC1. The minimum Gasteiger partial charge on any atom is -0.389 e. The normalized spacial score (nSPS) is 18.2. The second kappa shape index (κ2) is 8.48. The van der Waals surface area contributed by atoms with E-state index < -0.39 is 6.10 Å². The summed E-state index contributed by atoms with van der Waals surface area (Å²) in [5.41, 5.74) is 0. The van der Waals surface area contributed by atoms with Crippen molar-refractivity contribution in [1.29, 1.82) is 0 Å². The van der Waals surface area contributed by atoms with Crippen LogP contribution in [0.5, 0.6) is 0 Å². The van der Waals surface area contributed by atoms with E-state index in [-0.39, 0.29) is 5.91 Å². The van der Waals surface area contributed by atoms with Crippen LogP contribution in [-0.4, -0.2) is 36.9 Å². The molecule has 0 radical (unpaired) electrons. The van der Waals surface area contributed by atoms with Gasteiger partial charge in [-0.1, -0.05) is 26.7 Å². The van der Waals surface area contributed by atoms with Gasteiger partial charge in [0.2, 0.25) is 5.91 Å². The van der Waals surface area contributed by atoms with Crippen LogP contribution in [0, 0.1) is 11.8 Å². The van der Waals surface area contributed by atoms with Crippen molar-refractivity contribution < 1.29 is 14.6 Å². The summed E-state index contributed by atoms with van der Waals surface area (Å²) in [6.45, 7) is 5.37. The van der Waals surface area contributed by atoms with Crippen molar-refractivity contribution in [2.75, 3.05) is 19.8 Å². The maximum atomic E-state index is 11.6. The maximum Gasteiger partial charge on any atom is 0.220 e. The first-order chi connectivity index (χ1) is 8.58. The highest BCUT2D eigenvalue weighted by Gasteiger charge is 2.18. The fraction of sp³-hybridized carbons (Fsp3) is 0.929. The Morgan fingerprint density at radius 3 is 2.61 bits per heavy atom. The molecule has 1 amide bonds. The average molecular weight is 257 g/mol. The molecule has 1 fully saturated rings. The number of rotatable bonds is 8. The Morgan fingerprint density at radius 1 is 1.33 bits per heavy atom. The fourth-order valence-electron chi connectivity index (χ4n) is 2.28. The van der Waals surface area contributed by atoms with E-state index in [0.29, 0.717) is 38.0 Å². The van der Waals surface area contributed by atoms with Crippen LogP contribution >= 0.6 is 0 Å². The van der Waals surface area contributed by atoms with Crippen LogP contribution in [0.3, 0.4) is 0 Å². The molecule has 0 saturated heterocycles. The zero-order valence-electron chi connectivity index (χ0n) is 11.7. The summed E-state index contributed by atoms with van der Waals surface area (Å²) in [6.07, 6.45) is 4.87. The molecule has 0 bridgehead atoms. The molecular weight excluding hydrogens is 230 g/mol. The minimum atomic E-state index is -0.601. The van der Waals surface area contributed by atoms with Crippen LogP contribution in [0.2, 0.25) is 0 Å². The summed E-state index contributed by atoms with van der Waals surface area (Å²) in [7, 11) is 0. The number of carbonyl (C=O) groups is 1. The van der Waals surface area contributed by atoms with E-state index in [9.17, 15) is 9.90 Å². The van der Waals surface area contributed by atoms with Gasteiger partial charge in [0, 0.05) is 19.6 Å². The number of aliphatic hydroxyl groups excluding tert-OH is 1. The van der Waals surface area contributed by atoms with Crippen LogP contribution in [0.15, 0.2) is 0 Å². The van der Waals surface area contributed by atoms with Gasteiger partial charge >= 0.3 is 0 Å². The molecule has 0 heterocycles. The Hall–Kier alpha value is -0.610. The van der Waals surface area contributed by atoms with Gasteiger partial charge in [0.05, 0.1) is 12.7 Å². The molecule has 2 N–H and O–H groups in total. The smallest absolute Gasteiger partial charge is 0.220 e. The molecule has 1 rings (SSSR count). The molecule has 1 aliphatic rings. The molecule has 4 nitrogen and oxygen atoms in total. The maximum absolute atomic E-state index is 11.6. The molecule has 18 heavy (non-hydrogen) atoms. The summed E-state index contributed by atoms with van der Waals surface area (Å²) in [4.78, 5) is 11.6. The zero-order chi connectivity index (χ0) is 13.4. The molecule has 0 aromatic carbocycles. The number of nitrogens with one attached hydrogen (secondary N) is 1. The lowest BCUT2D eigenvalue weighted by atomic mass is 10.0. The van der Waals surface area contributed by atoms with Crippen molar-refractivity contribution in [2.45, 2.75) is 52.1 Å². The van der Waals surface area contributed by atoms with Gasteiger partial charge in [0.15, 0.2) is 0 Å². The molecule has 106 valence electrons. The van der Waals surface area contributed by atoms with E-state index in [1.165, 1.54) is 25.7 Å². The van der Waals surface area contributed by atoms with Gasteiger partial charge in [-0.15, -0.1) is 0 Å². The van der Waals surface area contributed by atoms with Crippen LogP contribution < -0.4 is 5.32 Å². The quantitative estimate of drug-likeness (QED) is 0.696. The Morgan fingerprint density at radius 2 is 2.00 bits per heavy atom. The van der Waals surface area contributed by atoms with Crippen molar-refractivity contribution in [3.63, 3.8) is 0 Å². The van der Waals surface area contributed by atoms with E-state index in [1.807, 2.05) is 0 Å². The summed E-state index contributed by atoms with van der Waals surface area (Å²) >= 11 is 0. The van der Waals surface area contributed by atoms with Crippen LogP contribution in [0.1, 0.15) is 46.0 Å². The molecule has 0 aromatic heterocycles. The molecule has 0 aliphatic heterocycles.